The monoisotopic (exact) mass is 124 g/mol. The van der Waals surface area contributed by atoms with E-state index in [0.29, 0.717) is 5.92 Å². The zero-order valence-corrected chi connectivity index (χ0v) is 5.46. The first kappa shape index (κ1) is 6.56. The number of aliphatic hydroxyl groups excluding tert-OH is 1. The van der Waals surface area contributed by atoms with Crippen molar-refractivity contribution in [2.45, 2.75) is 18.9 Å². The van der Waals surface area contributed by atoms with Crippen molar-refractivity contribution in [3.63, 3.8) is 0 Å². The van der Waals surface area contributed by atoms with E-state index in [-0.39, 0.29) is 6.10 Å². The minimum Gasteiger partial charge on any atom is -0.392 e. The highest BCUT2D eigenvalue weighted by Crippen LogP contribution is 2.20. The van der Waals surface area contributed by atoms with Crippen LogP contribution in [0, 0.1) is 5.92 Å². The fraction of sp³-hybridized carbons (Fsp3) is 0.500. The Bertz CT molecular complexity index is 127. The van der Waals surface area contributed by atoms with Crippen LogP contribution in [0.3, 0.4) is 0 Å². The van der Waals surface area contributed by atoms with E-state index in [2.05, 4.69) is 12.7 Å². The van der Waals surface area contributed by atoms with Gasteiger partial charge < -0.3 is 5.11 Å². The molecule has 0 amide bonds. The lowest BCUT2D eigenvalue weighted by Gasteiger charge is -2.09. The Kier molecular flexibility index (Phi) is 2.06. The van der Waals surface area contributed by atoms with Crippen molar-refractivity contribution in [1.29, 1.82) is 0 Å². The van der Waals surface area contributed by atoms with Crippen LogP contribution in [0.15, 0.2) is 24.8 Å². The molecule has 0 radical (unpaired) electrons. The summed E-state index contributed by atoms with van der Waals surface area (Å²) >= 11 is 0. The van der Waals surface area contributed by atoms with E-state index in [4.69, 9.17) is 0 Å². The van der Waals surface area contributed by atoms with Crippen molar-refractivity contribution in [2.24, 2.45) is 5.92 Å². The number of rotatable bonds is 2. The summed E-state index contributed by atoms with van der Waals surface area (Å²) in [6.45, 7) is 3.61. The van der Waals surface area contributed by atoms with Crippen molar-refractivity contribution in [2.75, 3.05) is 0 Å². The summed E-state index contributed by atoms with van der Waals surface area (Å²) < 4.78 is 0. The minimum atomic E-state index is -0.150. The highest BCUT2D eigenvalue weighted by Gasteiger charge is 2.17. The van der Waals surface area contributed by atoms with Gasteiger partial charge in [-0.3, -0.25) is 0 Å². The summed E-state index contributed by atoms with van der Waals surface area (Å²) in [6, 6.07) is 0. The SMILES string of the molecule is C=CC[C@H]1C=CC[C@@H]1O. The maximum atomic E-state index is 9.21. The Hall–Kier alpha value is -0.560. The second-order valence-electron chi connectivity index (χ2n) is 2.42. The van der Waals surface area contributed by atoms with Gasteiger partial charge in [0.25, 0.3) is 0 Å². The molecule has 0 spiro atoms. The Morgan fingerprint density at radius 2 is 2.56 bits per heavy atom. The van der Waals surface area contributed by atoms with Crippen LogP contribution in [0.2, 0.25) is 0 Å². The Labute approximate surface area is 55.7 Å². The number of aliphatic hydroxyl groups is 1. The van der Waals surface area contributed by atoms with Gasteiger partial charge in [-0.15, -0.1) is 6.58 Å². The number of hydrogen-bond acceptors (Lipinski definition) is 1. The molecule has 1 heteroatoms. The molecule has 0 aromatic heterocycles. The van der Waals surface area contributed by atoms with E-state index >= 15 is 0 Å². The summed E-state index contributed by atoms with van der Waals surface area (Å²) in [7, 11) is 0. The van der Waals surface area contributed by atoms with Gasteiger partial charge >= 0.3 is 0 Å². The summed E-state index contributed by atoms with van der Waals surface area (Å²) in [5.74, 6) is 0.336. The Balaban J connectivity index is 2.39. The van der Waals surface area contributed by atoms with E-state index in [1.165, 1.54) is 0 Å². The first-order valence-electron chi connectivity index (χ1n) is 3.30. The van der Waals surface area contributed by atoms with Crippen molar-refractivity contribution in [3.8, 4) is 0 Å². The molecule has 1 rings (SSSR count). The van der Waals surface area contributed by atoms with Gasteiger partial charge in [-0.05, 0) is 12.8 Å². The van der Waals surface area contributed by atoms with Gasteiger partial charge in [-0.25, -0.2) is 0 Å². The predicted octanol–water partition coefficient (Wildman–Crippen LogP) is 1.50. The topological polar surface area (TPSA) is 20.2 Å². The van der Waals surface area contributed by atoms with Crippen LogP contribution in [-0.4, -0.2) is 11.2 Å². The van der Waals surface area contributed by atoms with Crippen molar-refractivity contribution in [1.82, 2.24) is 0 Å². The summed E-state index contributed by atoms with van der Waals surface area (Å²) in [6.07, 6.45) is 7.51. The van der Waals surface area contributed by atoms with Crippen molar-refractivity contribution in [3.05, 3.63) is 24.8 Å². The van der Waals surface area contributed by atoms with Crippen molar-refractivity contribution >= 4 is 0 Å². The molecule has 0 heterocycles. The van der Waals surface area contributed by atoms with Crippen LogP contribution in [0.1, 0.15) is 12.8 Å². The molecule has 0 fully saturated rings. The van der Waals surface area contributed by atoms with Gasteiger partial charge in [-0.2, -0.15) is 0 Å². The van der Waals surface area contributed by atoms with E-state index < -0.39 is 0 Å². The Morgan fingerprint density at radius 1 is 1.78 bits per heavy atom. The molecule has 9 heavy (non-hydrogen) atoms. The van der Waals surface area contributed by atoms with E-state index in [1.54, 1.807) is 0 Å². The summed E-state index contributed by atoms with van der Waals surface area (Å²) in [5.41, 5.74) is 0. The highest BCUT2D eigenvalue weighted by atomic mass is 16.3. The predicted molar refractivity (Wildman–Crippen MR) is 38.1 cm³/mol. The second kappa shape index (κ2) is 2.83. The van der Waals surface area contributed by atoms with E-state index in [0.717, 1.165) is 12.8 Å². The van der Waals surface area contributed by atoms with Crippen LogP contribution >= 0.6 is 0 Å². The number of hydrogen-bond donors (Lipinski definition) is 1. The third-order valence-electron chi connectivity index (χ3n) is 1.69. The third-order valence-corrected chi connectivity index (χ3v) is 1.69. The molecule has 50 valence electrons. The molecule has 0 aromatic carbocycles. The smallest absolute Gasteiger partial charge is 0.0640 e. The normalized spacial score (nSPS) is 33.0. The van der Waals surface area contributed by atoms with E-state index in [9.17, 15) is 5.11 Å². The highest BCUT2D eigenvalue weighted by molar-refractivity contribution is 5.03. The lowest BCUT2D eigenvalue weighted by molar-refractivity contribution is 0.144. The zero-order valence-electron chi connectivity index (χ0n) is 5.46. The third kappa shape index (κ3) is 1.42. The molecule has 0 saturated heterocycles. The summed E-state index contributed by atoms with van der Waals surface area (Å²) in [5, 5.41) is 9.21. The van der Waals surface area contributed by atoms with Gasteiger partial charge in [0.15, 0.2) is 0 Å². The van der Waals surface area contributed by atoms with Crippen LogP contribution in [0.5, 0.6) is 0 Å². The average Bonchev–Trinajstić information content (AvgIpc) is 2.18. The van der Waals surface area contributed by atoms with Gasteiger partial charge in [0.05, 0.1) is 6.10 Å². The molecule has 0 aromatic rings. The molecular formula is C8H12O. The minimum absolute atomic E-state index is 0.150. The van der Waals surface area contributed by atoms with Gasteiger partial charge in [0.1, 0.15) is 0 Å². The molecule has 0 unspecified atom stereocenters. The van der Waals surface area contributed by atoms with Gasteiger partial charge in [-0.1, -0.05) is 18.2 Å². The van der Waals surface area contributed by atoms with Gasteiger partial charge in [0.2, 0.25) is 0 Å². The molecule has 1 nitrogen and oxygen atoms in total. The standard InChI is InChI=1S/C8H12O/c1-2-4-7-5-3-6-8(7)9/h2-3,5,7-9H,1,4,6H2/t7-,8-/m0/s1. The molecule has 1 aliphatic carbocycles. The maximum absolute atomic E-state index is 9.21. The van der Waals surface area contributed by atoms with Gasteiger partial charge in [0, 0.05) is 5.92 Å². The molecule has 2 atom stereocenters. The molecule has 0 aliphatic heterocycles. The first-order valence-corrected chi connectivity index (χ1v) is 3.30. The number of allylic oxidation sites excluding steroid dienone is 1. The molecule has 0 saturated carbocycles. The van der Waals surface area contributed by atoms with Crippen LogP contribution in [0.4, 0.5) is 0 Å². The largest absolute Gasteiger partial charge is 0.392 e. The van der Waals surface area contributed by atoms with Crippen LogP contribution in [-0.2, 0) is 0 Å². The Morgan fingerprint density at radius 3 is 3.00 bits per heavy atom. The fourth-order valence-electron chi connectivity index (χ4n) is 1.12. The first-order chi connectivity index (χ1) is 4.34. The zero-order chi connectivity index (χ0) is 6.69. The fourth-order valence-corrected chi connectivity index (χ4v) is 1.12. The van der Waals surface area contributed by atoms with E-state index in [1.807, 2.05) is 12.2 Å². The summed E-state index contributed by atoms with van der Waals surface area (Å²) in [4.78, 5) is 0. The second-order valence-corrected chi connectivity index (χ2v) is 2.42. The average molecular weight is 124 g/mol. The van der Waals surface area contributed by atoms with Crippen molar-refractivity contribution < 1.29 is 5.11 Å². The lowest BCUT2D eigenvalue weighted by Crippen LogP contribution is -2.11. The molecule has 1 N–H and O–H groups in total. The van der Waals surface area contributed by atoms with Crippen LogP contribution < -0.4 is 0 Å². The molecular weight excluding hydrogens is 112 g/mol. The van der Waals surface area contributed by atoms with Crippen LogP contribution in [0.25, 0.3) is 0 Å². The quantitative estimate of drug-likeness (QED) is 0.553. The molecule has 1 aliphatic rings. The molecule has 0 bridgehead atoms. The lowest BCUT2D eigenvalue weighted by atomic mass is 10.0. The maximum Gasteiger partial charge on any atom is 0.0640 e.